The molecule has 2 nitrogen and oxygen atoms in total. The molecule has 1 aliphatic carbocycles. The molecule has 2 rings (SSSR count). The van der Waals surface area contributed by atoms with E-state index in [1.807, 2.05) is 0 Å². The van der Waals surface area contributed by atoms with Crippen LogP contribution in [0.4, 0.5) is 0 Å². The lowest BCUT2D eigenvalue weighted by molar-refractivity contribution is 0.606. The van der Waals surface area contributed by atoms with Gasteiger partial charge in [0.1, 0.15) is 11.0 Å². The molecule has 0 radical (unpaired) electrons. The van der Waals surface area contributed by atoms with Crippen molar-refractivity contribution in [3.05, 3.63) is 21.1 Å². The van der Waals surface area contributed by atoms with Gasteiger partial charge in [0.05, 0.1) is 10.2 Å². The van der Waals surface area contributed by atoms with Gasteiger partial charge in [0, 0.05) is 5.92 Å². The third-order valence-corrected chi connectivity index (χ3v) is 4.54. The van der Waals surface area contributed by atoms with E-state index in [9.17, 15) is 0 Å². The zero-order valence-electron chi connectivity index (χ0n) is 9.85. The number of aromatic nitrogens is 2. The van der Waals surface area contributed by atoms with Gasteiger partial charge in [-0.1, -0.05) is 38.8 Å². The second-order valence-corrected chi connectivity index (χ2v) is 6.28. The fourth-order valence-electron chi connectivity index (χ4n) is 1.95. The van der Waals surface area contributed by atoms with Crippen LogP contribution in [0.2, 0.25) is 5.15 Å². The first-order chi connectivity index (χ1) is 7.45. The number of aryl methyl sites for hydroxylation is 1. The summed E-state index contributed by atoms with van der Waals surface area (Å²) in [5, 5.41) is 0.552. The Hall–Kier alpha value is -0.150. The van der Waals surface area contributed by atoms with Gasteiger partial charge in [-0.15, -0.1) is 0 Å². The molecule has 1 aromatic heterocycles. The molecule has 1 heterocycles. The molecule has 1 aromatic rings. The summed E-state index contributed by atoms with van der Waals surface area (Å²) in [6.45, 7) is 6.64. The molecule has 0 aliphatic heterocycles. The molecule has 1 aliphatic rings. The van der Waals surface area contributed by atoms with Crippen molar-refractivity contribution in [1.82, 2.24) is 9.97 Å². The second kappa shape index (κ2) is 4.26. The molecule has 0 aromatic carbocycles. The first kappa shape index (κ1) is 12.3. The van der Waals surface area contributed by atoms with E-state index in [0.717, 1.165) is 35.3 Å². The van der Waals surface area contributed by atoms with E-state index in [2.05, 4.69) is 46.7 Å². The van der Waals surface area contributed by atoms with Crippen molar-refractivity contribution in [3.63, 3.8) is 0 Å². The van der Waals surface area contributed by atoms with Gasteiger partial charge in [0.2, 0.25) is 0 Å². The lowest BCUT2D eigenvalue weighted by Gasteiger charge is -2.08. The van der Waals surface area contributed by atoms with E-state index in [0.29, 0.717) is 16.5 Å². The predicted molar refractivity (Wildman–Crippen MR) is 69.9 cm³/mol. The van der Waals surface area contributed by atoms with Crippen LogP contribution in [0.25, 0.3) is 0 Å². The predicted octanol–water partition coefficient (Wildman–Crippen LogP) is 4.36. The molecule has 0 saturated heterocycles. The Morgan fingerprint density at radius 2 is 2.06 bits per heavy atom. The number of hydrogen-bond donors (Lipinski definition) is 0. The second-order valence-electron chi connectivity index (χ2n) is 5.13. The number of nitrogens with zero attached hydrogens (tertiary/aromatic N) is 2. The molecule has 1 atom stereocenters. The average Bonchev–Trinajstić information content (AvgIpc) is 2.83. The highest BCUT2D eigenvalue weighted by atomic mass is 79.9. The van der Waals surface area contributed by atoms with Crippen LogP contribution in [-0.2, 0) is 6.42 Å². The van der Waals surface area contributed by atoms with Crippen LogP contribution in [0.1, 0.15) is 51.0 Å². The van der Waals surface area contributed by atoms with Crippen LogP contribution < -0.4 is 0 Å². The number of rotatable bonds is 3. The third kappa shape index (κ3) is 2.25. The Kier molecular flexibility index (Phi) is 3.28. The molecule has 0 bridgehead atoms. The Morgan fingerprint density at radius 1 is 1.44 bits per heavy atom. The fraction of sp³-hybridized carbons (Fsp3) is 0.667. The molecule has 1 saturated carbocycles. The molecule has 0 N–H and O–H groups in total. The zero-order valence-corrected chi connectivity index (χ0v) is 12.2. The normalized spacial score (nSPS) is 22.2. The van der Waals surface area contributed by atoms with E-state index in [1.165, 1.54) is 0 Å². The summed E-state index contributed by atoms with van der Waals surface area (Å²) in [4.78, 5) is 9.02. The van der Waals surface area contributed by atoms with Crippen LogP contribution in [0, 0.1) is 5.41 Å². The molecule has 16 heavy (non-hydrogen) atoms. The highest BCUT2D eigenvalue weighted by Crippen LogP contribution is 2.57. The van der Waals surface area contributed by atoms with Crippen molar-refractivity contribution >= 4 is 27.5 Å². The van der Waals surface area contributed by atoms with Crippen molar-refractivity contribution in [2.75, 3.05) is 0 Å². The van der Waals surface area contributed by atoms with E-state index in [-0.39, 0.29) is 0 Å². The maximum Gasteiger partial charge on any atom is 0.147 e. The minimum absolute atomic E-state index is 0.348. The SMILES string of the molecule is CCCc1nc(C2CC2(C)C)nc(Cl)c1Br. The lowest BCUT2D eigenvalue weighted by atomic mass is 10.1. The van der Waals surface area contributed by atoms with Crippen molar-refractivity contribution in [2.45, 2.75) is 46.0 Å². The van der Waals surface area contributed by atoms with Gasteiger partial charge in [0.15, 0.2) is 0 Å². The maximum atomic E-state index is 6.12. The molecule has 0 spiro atoms. The summed E-state index contributed by atoms with van der Waals surface area (Å²) in [6, 6.07) is 0. The van der Waals surface area contributed by atoms with Crippen LogP contribution in [0.15, 0.2) is 4.47 Å². The highest BCUT2D eigenvalue weighted by Gasteiger charge is 2.48. The van der Waals surface area contributed by atoms with Gasteiger partial charge in [-0.3, -0.25) is 0 Å². The summed E-state index contributed by atoms with van der Waals surface area (Å²) >= 11 is 9.58. The van der Waals surface area contributed by atoms with Gasteiger partial charge in [-0.05, 0) is 34.2 Å². The minimum Gasteiger partial charge on any atom is -0.236 e. The van der Waals surface area contributed by atoms with Crippen LogP contribution in [0.3, 0.4) is 0 Å². The lowest BCUT2D eigenvalue weighted by Crippen LogP contribution is -2.03. The quantitative estimate of drug-likeness (QED) is 0.775. The largest absolute Gasteiger partial charge is 0.236 e. The van der Waals surface area contributed by atoms with E-state index < -0.39 is 0 Å². The Bertz CT molecular complexity index is 418. The smallest absolute Gasteiger partial charge is 0.147 e. The first-order valence-corrected chi connectivity index (χ1v) is 6.84. The van der Waals surface area contributed by atoms with Crippen molar-refractivity contribution in [2.24, 2.45) is 5.41 Å². The first-order valence-electron chi connectivity index (χ1n) is 5.67. The van der Waals surface area contributed by atoms with E-state index >= 15 is 0 Å². The summed E-state index contributed by atoms with van der Waals surface area (Å²) < 4.78 is 0.859. The Balaban J connectivity index is 2.34. The van der Waals surface area contributed by atoms with Gasteiger partial charge in [0.25, 0.3) is 0 Å². The molecular formula is C12H16BrClN2. The van der Waals surface area contributed by atoms with Crippen LogP contribution >= 0.6 is 27.5 Å². The standard InChI is InChI=1S/C12H16BrClN2/c1-4-5-8-9(13)10(14)16-11(15-8)7-6-12(7,2)3/h7H,4-6H2,1-3H3. The molecule has 4 heteroatoms. The van der Waals surface area contributed by atoms with Gasteiger partial charge >= 0.3 is 0 Å². The monoisotopic (exact) mass is 302 g/mol. The molecule has 1 unspecified atom stereocenters. The highest BCUT2D eigenvalue weighted by molar-refractivity contribution is 9.10. The van der Waals surface area contributed by atoms with Gasteiger partial charge in [-0.25, -0.2) is 9.97 Å². The van der Waals surface area contributed by atoms with Crippen molar-refractivity contribution in [3.8, 4) is 0 Å². The molecule has 88 valence electrons. The average molecular weight is 304 g/mol. The summed E-state index contributed by atoms with van der Waals surface area (Å²) in [7, 11) is 0. The minimum atomic E-state index is 0.348. The van der Waals surface area contributed by atoms with Gasteiger partial charge in [-0.2, -0.15) is 0 Å². The summed E-state index contributed by atoms with van der Waals surface area (Å²) in [5.74, 6) is 1.40. The fourth-order valence-corrected chi connectivity index (χ4v) is 2.52. The van der Waals surface area contributed by atoms with Crippen LogP contribution in [0.5, 0.6) is 0 Å². The Morgan fingerprint density at radius 3 is 2.56 bits per heavy atom. The summed E-state index contributed by atoms with van der Waals surface area (Å²) in [6.07, 6.45) is 3.18. The van der Waals surface area contributed by atoms with Crippen molar-refractivity contribution in [1.29, 1.82) is 0 Å². The van der Waals surface area contributed by atoms with E-state index in [1.54, 1.807) is 0 Å². The number of hydrogen-bond acceptors (Lipinski definition) is 2. The topological polar surface area (TPSA) is 25.8 Å². The third-order valence-electron chi connectivity index (χ3n) is 3.21. The molecular weight excluding hydrogens is 288 g/mol. The Labute approximate surface area is 110 Å². The zero-order chi connectivity index (χ0) is 11.9. The maximum absolute atomic E-state index is 6.12. The molecule has 0 amide bonds. The molecule has 1 fully saturated rings. The van der Waals surface area contributed by atoms with Crippen LogP contribution in [-0.4, -0.2) is 9.97 Å². The van der Waals surface area contributed by atoms with Crippen molar-refractivity contribution < 1.29 is 0 Å². The summed E-state index contributed by atoms with van der Waals surface area (Å²) in [5.41, 5.74) is 1.39. The van der Waals surface area contributed by atoms with E-state index in [4.69, 9.17) is 11.6 Å². The number of halogens is 2. The van der Waals surface area contributed by atoms with Gasteiger partial charge < -0.3 is 0 Å².